The molecule has 21 heavy (non-hydrogen) atoms. The van der Waals surface area contributed by atoms with Crippen LogP contribution in [0.1, 0.15) is 16.1 Å². The lowest BCUT2D eigenvalue weighted by Crippen LogP contribution is -2.26. The maximum atomic E-state index is 11.9. The van der Waals surface area contributed by atoms with Crippen LogP contribution in [0, 0.1) is 0 Å². The maximum Gasteiger partial charge on any atom is 0.271 e. The lowest BCUT2D eigenvalue weighted by molar-refractivity contribution is 0.0948. The first-order valence-corrected chi connectivity index (χ1v) is 6.64. The summed E-state index contributed by atoms with van der Waals surface area (Å²) in [6.07, 6.45) is 3.66. The van der Waals surface area contributed by atoms with Gasteiger partial charge in [0.2, 0.25) is 0 Å². The van der Waals surface area contributed by atoms with Crippen molar-refractivity contribution in [3.05, 3.63) is 47.9 Å². The SMILES string of the molecule is CNc1cnc(C(=O)NCCc2ccccc2OC)cn1. The van der Waals surface area contributed by atoms with E-state index in [-0.39, 0.29) is 5.91 Å². The molecule has 0 unspecified atom stereocenters. The van der Waals surface area contributed by atoms with Crippen molar-refractivity contribution in [3.8, 4) is 5.75 Å². The highest BCUT2D eigenvalue weighted by Crippen LogP contribution is 2.17. The van der Waals surface area contributed by atoms with Crippen molar-refractivity contribution in [1.29, 1.82) is 0 Å². The van der Waals surface area contributed by atoms with Crippen LogP contribution in [0.3, 0.4) is 0 Å². The van der Waals surface area contributed by atoms with Crippen LogP contribution in [0.25, 0.3) is 0 Å². The van der Waals surface area contributed by atoms with Gasteiger partial charge in [-0.2, -0.15) is 0 Å². The molecule has 0 bridgehead atoms. The zero-order valence-electron chi connectivity index (χ0n) is 12.1. The third kappa shape index (κ3) is 3.92. The van der Waals surface area contributed by atoms with Crippen LogP contribution in [0.2, 0.25) is 0 Å². The number of nitrogens with zero attached hydrogens (tertiary/aromatic N) is 2. The van der Waals surface area contributed by atoms with Gasteiger partial charge in [-0.25, -0.2) is 9.97 Å². The molecule has 0 atom stereocenters. The minimum absolute atomic E-state index is 0.236. The second-order valence-corrected chi connectivity index (χ2v) is 4.35. The van der Waals surface area contributed by atoms with Crippen molar-refractivity contribution in [2.45, 2.75) is 6.42 Å². The molecule has 6 heteroatoms. The van der Waals surface area contributed by atoms with Crippen LogP contribution in [-0.2, 0) is 6.42 Å². The highest BCUT2D eigenvalue weighted by atomic mass is 16.5. The summed E-state index contributed by atoms with van der Waals surface area (Å²) in [7, 11) is 3.38. The standard InChI is InChI=1S/C15H18N4O2/c1-16-14-10-18-12(9-19-14)15(20)17-8-7-11-5-3-4-6-13(11)21-2/h3-6,9-10H,7-8H2,1-2H3,(H,16,19)(H,17,20). The smallest absolute Gasteiger partial charge is 0.271 e. The van der Waals surface area contributed by atoms with Crippen LogP contribution in [0.5, 0.6) is 5.75 Å². The Balaban J connectivity index is 1.89. The first-order chi connectivity index (χ1) is 10.2. The van der Waals surface area contributed by atoms with Gasteiger partial charge in [0, 0.05) is 13.6 Å². The number of nitrogens with one attached hydrogen (secondary N) is 2. The predicted molar refractivity (Wildman–Crippen MR) is 80.6 cm³/mol. The molecular weight excluding hydrogens is 268 g/mol. The van der Waals surface area contributed by atoms with E-state index in [1.807, 2.05) is 24.3 Å². The molecule has 2 rings (SSSR count). The van der Waals surface area contributed by atoms with Crippen molar-refractivity contribution in [1.82, 2.24) is 15.3 Å². The summed E-state index contributed by atoms with van der Waals surface area (Å²) in [5, 5.41) is 5.67. The Kier molecular flexibility index (Phi) is 5.09. The zero-order valence-corrected chi connectivity index (χ0v) is 12.1. The summed E-state index contributed by atoms with van der Waals surface area (Å²) in [5.74, 6) is 1.21. The fraction of sp³-hybridized carbons (Fsp3) is 0.267. The van der Waals surface area contributed by atoms with Crippen LogP contribution >= 0.6 is 0 Å². The maximum absolute atomic E-state index is 11.9. The average molecular weight is 286 g/mol. The number of para-hydroxylation sites is 1. The molecule has 1 aromatic carbocycles. The number of amides is 1. The van der Waals surface area contributed by atoms with Gasteiger partial charge >= 0.3 is 0 Å². The van der Waals surface area contributed by atoms with Crippen molar-refractivity contribution in [2.24, 2.45) is 0 Å². The normalized spacial score (nSPS) is 10.0. The van der Waals surface area contributed by atoms with Gasteiger partial charge in [0.25, 0.3) is 5.91 Å². The first-order valence-electron chi connectivity index (χ1n) is 6.64. The van der Waals surface area contributed by atoms with E-state index in [0.717, 1.165) is 11.3 Å². The number of aromatic nitrogens is 2. The quantitative estimate of drug-likeness (QED) is 0.841. The lowest BCUT2D eigenvalue weighted by atomic mass is 10.1. The van der Waals surface area contributed by atoms with Gasteiger partial charge in [-0.1, -0.05) is 18.2 Å². The van der Waals surface area contributed by atoms with Gasteiger partial charge in [0.15, 0.2) is 0 Å². The number of hydrogen-bond donors (Lipinski definition) is 2. The molecule has 2 aromatic rings. The molecule has 6 nitrogen and oxygen atoms in total. The van der Waals surface area contributed by atoms with Gasteiger partial charge in [0.05, 0.1) is 19.5 Å². The second kappa shape index (κ2) is 7.23. The highest BCUT2D eigenvalue weighted by Gasteiger charge is 2.08. The molecule has 2 N–H and O–H groups in total. The number of carbonyl (C=O) groups excluding carboxylic acids is 1. The number of hydrogen-bond acceptors (Lipinski definition) is 5. The van der Waals surface area contributed by atoms with Crippen molar-refractivity contribution >= 4 is 11.7 Å². The van der Waals surface area contributed by atoms with E-state index in [9.17, 15) is 4.79 Å². The number of benzene rings is 1. The van der Waals surface area contributed by atoms with E-state index < -0.39 is 0 Å². The van der Waals surface area contributed by atoms with Crippen LogP contribution < -0.4 is 15.4 Å². The summed E-state index contributed by atoms with van der Waals surface area (Å²) in [6.45, 7) is 0.509. The van der Waals surface area contributed by atoms with Gasteiger partial charge in [0.1, 0.15) is 17.3 Å². The van der Waals surface area contributed by atoms with Gasteiger partial charge in [-0.15, -0.1) is 0 Å². The molecule has 1 aromatic heterocycles. The molecule has 110 valence electrons. The van der Waals surface area contributed by atoms with Gasteiger partial charge in [-0.05, 0) is 18.1 Å². The highest BCUT2D eigenvalue weighted by molar-refractivity contribution is 5.91. The Labute approximate surface area is 123 Å². The largest absolute Gasteiger partial charge is 0.496 e. The molecule has 0 saturated heterocycles. The summed E-state index contributed by atoms with van der Waals surface area (Å²) in [6, 6.07) is 7.74. The third-order valence-corrected chi connectivity index (χ3v) is 3.01. The lowest BCUT2D eigenvalue weighted by Gasteiger charge is -2.09. The molecule has 1 heterocycles. The molecule has 0 aliphatic rings. The molecule has 0 aliphatic carbocycles. The van der Waals surface area contributed by atoms with E-state index in [1.54, 1.807) is 14.2 Å². The average Bonchev–Trinajstić information content (AvgIpc) is 2.55. The number of carbonyl (C=O) groups is 1. The van der Waals surface area contributed by atoms with Crippen molar-refractivity contribution < 1.29 is 9.53 Å². The fourth-order valence-electron chi connectivity index (χ4n) is 1.89. The first kappa shape index (κ1) is 14.8. The van der Waals surface area contributed by atoms with E-state index in [0.29, 0.717) is 24.5 Å². The molecule has 0 saturated carbocycles. The fourth-order valence-corrected chi connectivity index (χ4v) is 1.89. The molecule has 0 radical (unpaired) electrons. The van der Waals surface area contributed by atoms with E-state index in [4.69, 9.17) is 4.74 Å². The minimum Gasteiger partial charge on any atom is -0.496 e. The molecule has 0 aliphatic heterocycles. The number of rotatable bonds is 6. The number of methoxy groups -OCH3 is 1. The Morgan fingerprint density at radius 3 is 2.71 bits per heavy atom. The van der Waals surface area contributed by atoms with Crippen molar-refractivity contribution in [3.63, 3.8) is 0 Å². The third-order valence-electron chi connectivity index (χ3n) is 3.01. The van der Waals surface area contributed by atoms with Crippen LogP contribution in [-0.4, -0.2) is 36.6 Å². The minimum atomic E-state index is -0.236. The summed E-state index contributed by atoms with van der Waals surface area (Å²) < 4.78 is 5.27. The van der Waals surface area contributed by atoms with Crippen molar-refractivity contribution in [2.75, 3.05) is 26.0 Å². The van der Waals surface area contributed by atoms with Gasteiger partial charge in [-0.3, -0.25) is 4.79 Å². The summed E-state index contributed by atoms with van der Waals surface area (Å²) >= 11 is 0. The topological polar surface area (TPSA) is 76.1 Å². The van der Waals surface area contributed by atoms with Crippen LogP contribution in [0.15, 0.2) is 36.7 Å². The monoisotopic (exact) mass is 286 g/mol. The number of anilines is 1. The Morgan fingerprint density at radius 1 is 1.24 bits per heavy atom. The molecule has 0 spiro atoms. The van der Waals surface area contributed by atoms with E-state index in [1.165, 1.54) is 12.4 Å². The van der Waals surface area contributed by atoms with E-state index >= 15 is 0 Å². The Bertz CT molecular complexity index is 599. The molecular formula is C15H18N4O2. The molecule has 0 fully saturated rings. The van der Waals surface area contributed by atoms with Gasteiger partial charge < -0.3 is 15.4 Å². The Morgan fingerprint density at radius 2 is 2.05 bits per heavy atom. The Hall–Kier alpha value is -2.63. The second-order valence-electron chi connectivity index (χ2n) is 4.35. The van der Waals surface area contributed by atoms with Crippen LogP contribution in [0.4, 0.5) is 5.82 Å². The predicted octanol–water partition coefficient (Wildman–Crippen LogP) is 1.50. The number of ether oxygens (including phenoxy) is 1. The summed E-state index contributed by atoms with van der Waals surface area (Å²) in [4.78, 5) is 20.0. The van der Waals surface area contributed by atoms with E-state index in [2.05, 4.69) is 20.6 Å². The zero-order chi connectivity index (χ0) is 15.1. The summed E-state index contributed by atoms with van der Waals surface area (Å²) in [5.41, 5.74) is 1.35. The molecule has 1 amide bonds.